The lowest BCUT2D eigenvalue weighted by Crippen LogP contribution is -2.16. The molecule has 3 rings (SSSR count). The molecule has 0 saturated carbocycles. The highest BCUT2D eigenvalue weighted by atomic mass is 16.5. The van der Waals surface area contributed by atoms with E-state index in [1.807, 2.05) is 31.3 Å². The second-order valence-electron chi connectivity index (χ2n) is 5.00. The highest BCUT2D eigenvalue weighted by Crippen LogP contribution is 2.25. The van der Waals surface area contributed by atoms with Gasteiger partial charge in [-0.25, -0.2) is 4.98 Å². The maximum Gasteiger partial charge on any atom is 0.141 e. The Hall–Kier alpha value is -2.40. The van der Waals surface area contributed by atoms with Gasteiger partial charge in [0, 0.05) is 31.3 Å². The molecular formula is C16H18N4O. The number of nitrogens with zero attached hydrogens (tertiary/aromatic N) is 3. The zero-order chi connectivity index (χ0) is 14.8. The van der Waals surface area contributed by atoms with Crippen molar-refractivity contribution in [1.82, 2.24) is 14.5 Å². The topological polar surface area (TPSA) is 66.0 Å². The average Bonchev–Trinajstić information content (AvgIpc) is 2.84. The van der Waals surface area contributed by atoms with Gasteiger partial charge in [-0.05, 0) is 18.2 Å². The minimum absolute atomic E-state index is 0.182. The predicted octanol–water partition coefficient (Wildman–Crippen LogP) is 2.22. The van der Waals surface area contributed by atoms with Crippen LogP contribution in [0.5, 0.6) is 5.75 Å². The van der Waals surface area contributed by atoms with Gasteiger partial charge in [0.05, 0.1) is 24.3 Å². The molecule has 5 nitrogen and oxygen atoms in total. The summed E-state index contributed by atoms with van der Waals surface area (Å²) in [7, 11) is 3.64. The third-order valence-electron chi connectivity index (χ3n) is 3.72. The Bertz CT molecular complexity index is 766. The molecule has 0 amide bonds. The van der Waals surface area contributed by atoms with Crippen LogP contribution in [0.1, 0.15) is 17.4 Å². The average molecular weight is 282 g/mol. The zero-order valence-corrected chi connectivity index (χ0v) is 12.2. The molecule has 2 aromatic heterocycles. The van der Waals surface area contributed by atoms with Crippen molar-refractivity contribution in [2.75, 3.05) is 7.11 Å². The normalized spacial score (nSPS) is 12.5. The Morgan fingerprint density at radius 1 is 1.29 bits per heavy atom. The number of methoxy groups -OCH3 is 1. The molecule has 2 heterocycles. The Morgan fingerprint density at radius 2 is 2.10 bits per heavy atom. The molecule has 5 heteroatoms. The fourth-order valence-corrected chi connectivity index (χ4v) is 2.55. The predicted molar refractivity (Wildman–Crippen MR) is 82.1 cm³/mol. The van der Waals surface area contributed by atoms with Crippen LogP contribution in [0.2, 0.25) is 0 Å². The lowest BCUT2D eigenvalue weighted by Gasteiger charge is -2.15. The SMILES string of the molecule is COc1cnccc1C(N)Cc1nc2ccccc2n1C. The molecule has 0 radical (unpaired) electrons. The first kappa shape index (κ1) is 13.6. The number of fused-ring (bicyclic) bond motifs is 1. The van der Waals surface area contributed by atoms with Crippen LogP contribution in [0.15, 0.2) is 42.7 Å². The van der Waals surface area contributed by atoms with E-state index in [1.54, 1.807) is 19.5 Å². The van der Waals surface area contributed by atoms with E-state index in [9.17, 15) is 0 Å². The fraction of sp³-hybridized carbons (Fsp3) is 0.250. The molecule has 0 aliphatic carbocycles. The van der Waals surface area contributed by atoms with Crippen LogP contribution in [0.4, 0.5) is 0 Å². The van der Waals surface area contributed by atoms with E-state index in [2.05, 4.69) is 20.6 Å². The maximum absolute atomic E-state index is 6.33. The molecule has 3 aromatic rings. The van der Waals surface area contributed by atoms with Crippen molar-refractivity contribution >= 4 is 11.0 Å². The molecule has 0 aliphatic rings. The number of pyridine rings is 1. The number of aromatic nitrogens is 3. The third-order valence-corrected chi connectivity index (χ3v) is 3.72. The van der Waals surface area contributed by atoms with Crippen LogP contribution in [0.3, 0.4) is 0 Å². The van der Waals surface area contributed by atoms with Crippen LogP contribution in [-0.4, -0.2) is 21.6 Å². The van der Waals surface area contributed by atoms with Crippen molar-refractivity contribution in [3.8, 4) is 5.75 Å². The number of hydrogen-bond donors (Lipinski definition) is 1. The number of ether oxygens (including phenoxy) is 1. The Morgan fingerprint density at radius 3 is 2.86 bits per heavy atom. The summed E-state index contributed by atoms with van der Waals surface area (Å²) in [5, 5.41) is 0. The van der Waals surface area contributed by atoms with E-state index in [1.165, 1.54) is 0 Å². The monoisotopic (exact) mass is 282 g/mol. The summed E-state index contributed by atoms with van der Waals surface area (Å²) in [5.74, 6) is 1.67. The van der Waals surface area contributed by atoms with E-state index in [-0.39, 0.29) is 6.04 Å². The van der Waals surface area contributed by atoms with Gasteiger partial charge in [0.15, 0.2) is 0 Å². The van der Waals surface area contributed by atoms with Gasteiger partial charge in [0.25, 0.3) is 0 Å². The highest BCUT2D eigenvalue weighted by molar-refractivity contribution is 5.75. The third kappa shape index (κ3) is 2.48. The lowest BCUT2D eigenvalue weighted by molar-refractivity contribution is 0.403. The standard InChI is InChI=1S/C16H18N4O/c1-20-14-6-4-3-5-13(14)19-16(20)9-12(17)11-7-8-18-10-15(11)21-2/h3-8,10,12H,9,17H2,1-2H3. The summed E-state index contributed by atoms with van der Waals surface area (Å²) in [6, 6.07) is 9.79. The summed E-state index contributed by atoms with van der Waals surface area (Å²) in [6.45, 7) is 0. The number of para-hydroxylation sites is 2. The minimum Gasteiger partial charge on any atom is -0.495 e. The van der Waals surface area contributed by atoms with Gasteiger partial charge in [0.1, 0.15) is 11.6 Å². The summed E-state index contributed by atoms with van der Waals surface area (Å²) in [4.78, 5) is 8.72. The first-order valence-corrected chi connectivity index (χ1v) is 6.84. The largest absolute Gasteiger partial charge is 0.495 e. The minimum atomic E-state index is -0.182. The van der Waals surface area contributed by atoms with Crippen molar-refractivity contribution in [3.63, 3.8) is 0 Å². The summed E-state index contributed by atoms with van der Waals surface area (Å²) in [5.41, 5.74) is 9.38. The number of nitrogens with two attached hydrogens (primary N) is 1. The number of benzene rings is 1. The van der Waals surface area contributed by atoms with Gasteiger partial charge in [-0.2, -0.15) is 0 Å². The smallest absolute Gasteiger partial charge is 0.141 e. The van der Waals surface area contributed by atoms with Crippen LogP contribution >= 0.6 is 0 Å². The Labute approximate surface area is 123 Å². The van der Waals surface area contributed by atoms with Crippen LogP contribution in [0.25, 0.3) is 11.0 Å². The van der Waals surface area contributed by atoms with Crippen molar-refractivity contribution in [2.45, 2.75) is 12.5 Å². The van der Waals surface area contributed by atoms with Gasteiger partial charge in [-0.1, -0.05) is 12.1 Å². The molecular weight excluding hydrogens is 264 g/mol. The van der Waals surface area contributed by atoms with Crippen molar-refractivity contribution in [1.29, 1.82) is 0 Å². The van der Waals surface area contributed by atoms with Gasteiger partial charge in [-0.15, -0.1) is 0 Å². The van der Waals surface area contributed by atoms with E-state index in [0.717, 1.165) is 22.4 Å². The second kappa shape index (κ2) is 5.54. The molecule has 108 valence electrons. The zero-order valence-electron chi connectivity index (χ0n) is 12.2. The van der Waals surface area contributed by atoms with Crippen molar-refractivity contribution in [3.05, 3.63) is 54.1 Å². The number of rotatable bonds is 4. The quantitative estimate of drug-likeness (QED) is 0.797. The molecule has 1 aromatic carbocycles. The molecule has 0 aliphatic heterocycles. The number of imidazole rings is 1. The van der Waals surface area contributed by atoms with E-state index >= 15 is 0 Å². The highest BCUT2D eigenvalue weighted by Gasteiger charge is 2.16. The second-order valence-corrected chi connectivity index (χ2v) is 5.00. The molecule has 1 atom stereocenters. The first-order valence-electron chi connectivity index (χ1n) is 6.84. The lowest BCUT2D eigenvalue weighted by atomic mass is 10.0. The van der Waals surface area contributed by atoms with E-state index in [4.69, 9.17) is 10.5 Å². The van der Waals surface area contributed by atoms with Gasteiger partial charge >= 0.3 is 0 Å². The summed E-state index contributed by atoms with van der Waals surface area (Å²) in [6.07, 6.45) is 4.06. The summed E-state index contributed by atoms with van der Waals surface area (Å²) >= 11 is 0. The van der Waals surface area contributed by atoms with Gasteiger partial charge in [-0.3, -0.25) is 4.98 Å². The molecule has 21 heavy (non-hydrogen) atoms. The first-order chi connectivity index (χ1) is 10.2. The van der Waals surface area contributed by atoms with Crippen molar-refractivity contribution in [2.24, 2.45) is 12.8 Å². The van der Waals surface area contributed by atoms with Gasteiger partial charge < -0.3 is 15.0 Å². The van der Waals surface area contributed by atoms with Crippen LogP contribution in [-0.2, 0) is 13.5 Å². The van der Waals surface area contributed by atoms with E-state index < -0.39 is 0 Å². The Balaban J connectivity index is 1.93. The van der Waals surface area contributed by atoms with E-state index in [0.29, 0.717) is 12.2 Å². The molecule has 2 N–H and O–H groups in total. The number of hydrogen-bond acceptors (Lipinski definition) is 4. The fourth-order valence-electron chi connectivity index (χ4n) is 2.55. The van der Waals surface area contributed by atoms with Crippen LogP contribution in [0, 0.1) is 0 Å². The molecule has 1 unspecified atom stereocenters. The summed E-state index contributed by atoms with van der Waals surface area (Å²) < 4.78 is 7.41. The van der Waals surface area contributed by atoms with Crippen molar-refractivity contribution < 1.29 is 4.74 Å². The Kier molecular flexibility index (Phi) is 3.58. The van der Waals surface area contributed by atoms with Crippen LogP contribution < -0.4 is 10.5 Å². The number of aryl methyl sites for hydroxylation is 1. The molecule has 0 saturated heterocycles. The molecule has 0 spiro atoms. The molecule has 0 fully saturated rings. The van der Waals surface area contributed by atoms with Gasteiger partial charge in [0.2, 0.25) is 0 Å². The molecule has 0 bridgehead atoms. The maximum atomic E-state index is 6.33.